The van der Waals surface area contributed by atoms with E-state index >= 15 is 0 Å². The summed E-state index contributed by atoms with van der Waals surface area (Å²) >= 11 is 5.84. The number of halogens is 1. The fourth-order valence-electron chi connectivity index (χ4n) is 1.61. The number of hydrogen-bond donors (Lipinski definition) is 0. The zero-order valence-electron chi connectivity index (χ0n) is 10.8. The Morgan fingerprint density at radius 1 is 1.15 bits per heavy atom. The Labute approximate surface area is 120 Å². The van der Waals surface area contributed by atoms with E-state index in [2.05, 4.69) is 15.0 Å². The molecule has 1 aliphatic heterocycles. The first-order valence-corrected chi connectivity index (χ1v) is 6.16. The van der Waals surface area contributed by atoms with Gasteiger partial charge >= 0.3 is 6.01 Å². The number of hydrogen-bond acceptors (Lipinski definition) is 7. The van der Waals surface area contributed by atoms with Gasteiger partial charge in [0.2, 0.25) is 18.0 Å². The summed E-state index contributed by atoms with van der Waals surface area (Å²) in [5.41, 5.74) is 0. The topological polar surface area (TPSA) is 69.6 Å². The summed E-state index contributed by atoms with van der Waals surface area (Å²) in [6, 6.07) is 5.32. The van der Waals surface area contributed by atoms with Crippen LogP contribution in [0.5, 0.6) is 23.3 Å². The molecular formula is C12H11ClN4O3. The van der Waals surface area contributed by atoms with Crippen molar-refractivity contribution >= 4 is 17.5 Å². The Morgan fingerprint density at radius 2 is 1.95 bits per heavy atom. The van der Waals surface area contributed by atoms with Gasteiger partial charge in [-0.15, -0.1) is 0 Å². The van der Waals surface area contributed by atoms with Crippen molar-refractivity contribution in [1.29, 1.82) is 0 Å². The Hall–Kier alpha value is -2.28. The Kier molecular flexibility index (Phi) is 3.19. The highest BCUT2D eigenvalue weighted by molar-refractivity contribution is 6.28. The highest BCUT2D eigenvalue weighted by atomic mass is 35.5. The molecule has 20 heavy (non-hydrogen) atoms. The fraction of sp³-hybridized carbons (Fsp3) is 0.250. The first kappa shape index (κ1) is 12.7. The first-order valence-electron chi connectivity index (χ1n) is 5.78. The van der Waals surface area contributed by atoms with Crippen molar-refractivity contribution in [3.05, 3.63) is 23.5 Å². The molecule has 0 atom stereocenters. The van der Waals surface area contributed by atoms with E-state index in [0.29, 0.717) is 23.2 Å². The largest absolute Gasteiger partial charge is 0.454 e. The van der Waals surface area contributed by atoms with E-state index in [0.717, 1.165) is 0 Å². The van der Waals surface area contributed by atoms with Crippen molar-refractivity contribution in [2.45, 2.75) is 0 Å². The normalized spacial score (nSPS) is 12.3. The third-order valence-corrected chi connectivity index (χ3v) is 2.70. The van der Waals surface area contributed by atoms with E-state index in [1.54, 1.807) is 37.2 Å². The molecule has 1 aliphatic rings. The summed E-state index contributed by atoms with van der Waals surface area (Å²) in [7, 11) is 3.60. The molecule has 2 heterocycles. The van der Waals surface area contributed by atoms with E-state index < -0.39 is 0 Å². The van der Waals surface area contributed by atoms with Gasteiger partial charge in [0.15, 0.2) is 11.5 Å². The molecule has 0 aliphatic carbocycles. The SMILES string of the molecule is CN(C)c1nc(Cl)nc(Oc2ccc3c(c2)OCO3)n1. The van der Waals surface area contributed by atoms with Crippen molar-refractivity contribution in [3.63, 3.8) is 0 Å². The summed E-state index contributed by atoms with van der Waals surface area (Å²) in [5.74, 6) is 2.25. The van der Waals surface area contributed by atoms with Crippen molar-refractivity contribution in [3.8, 4) is 23.3 Å². The van der Waals surface area contributed by atoms with Gasteiger partial charge in [0.05, 0.1) is 0 Å². The van der Waals surface area contributed by atoms with Gasteiger partial charge in [-0.2, -0.15) is 15.0 Å². The highest BCUT2D eigenvalue weighted by Gasteiger charge is 2.15. The molecule has 0 N–H and O–H groups in total. The highest BCUT2D eigenvalue weighted by Crippen LogP contribution is 2.36. The summed E-state index contributed by atoms with van der Waals surface area (Å²) < 4.78 is 16.1. The molecule has 0 spiro atoms. The second kappa shape index (κ2) is 5.01. The van der Waals surface area contributed by atoms with Crippen LogP contribution in [-0.2, 0) is 0 Å². The molecule has 7 nitrogen and oxygen atoms in total. The molecule has 2 aromatic rings. The summed E-state index contributed by atoms with van der Waals surface area (Å²) in [6.45, 7) is 0.209. The van der Waals surface area contributed by atoms with Crippen LogP contribution in [0.4, 0.5) is 5.95 Å². The van der Waals surface area contributed by atoms with Gasteiger partial charge in [0.1, 0.15) is 5.75 Å². The Bertz CT molecular complexity index is 651. The second-order valence-corrected chi connectivity index (χ2v) is 4.54. The molecule has 1 aromatic carbocycles. The minimum atomic E-state index is 0.0689. The smallest absolute Gasteiger partial charge is 0.328 e. The van der Waals surface area contributed by atoms with Gasteiger partial charge in [0, 0.05) is 20.2 Å². The van der Waals surface area contributed by atoms with Crippen LogP contribution in [0.15, 0.2) is 18.2 Å². The molecule has 1 aromatic heterocycles. The van der Waals surface area contributed by atoms with Crippen LogP contribution in [0.1, 0.15) is 0 Å². The molecule has 0 saturated heterocycles. The molecular weight excluding hydrogens is 284 g/mol. The maximum Gasteiger partial charge on any atom is 0.328 e. The molecule has 104 valence electrons. The third kappa shape index (κ3) is 2.53. The summed E-state index contributed by atoms with van der Waals surface area (Å²) in [4.78, 5) is 13.8. The van der Waals surface area contributed by atoms with E-state index in [-0.39, 0.29) is 18.1 Å². The van der Waals surface area contributed by atoms with Gasteiger partial charge in [-0.05, 0) is 23.7 Å². The average molecular weight is 295 g/mol. The van der Waals surface area contributed by atoms with Crippen molar-refractivity contribution in [2.24, 2.45) is 0 Å². The number of ether oxygens (including phenoxy) is 3. The third-order valence-electron chi connectivity index (χ3n) is 2.53. The molecule has 0 saturated carbocycles. The van der Waals surface area contributed by atoms with Crippen LogP contribution < -0.4 is 19.1 Å². The molecule has 3 rings (SSSR count). The first-order chi connectivity index (χ1) is 9.61. The van der Waals surface area contributed by atoms with Crippen LogP contribution in [0.3, 0.4) is 0 Å². The number of anilines is 1. The van der Waals surface area contributed by atoms with E-state index in [4.69, 9.17) is 25.8 Å². The maximum absolute atomic E-state index is 5.84. The maximum atomic E-state index is 5.84. The van der Waals surface area contributed by atoms with E-state index in [9.17, 15) is 0 Å². The van der Waals surface area contributed by atoms with Crippen molar-refractivity contribution in [2.75, 3.05) is 25.8 Å². The molecule has 0 unspecified atom stereocenters. The van der Waals surface area contributed by atoms with Gasteiger partial charge in [-0.3, -0.25) is 0 Å². The van der Waals surface area contributed by atoms with E-state index in [1.165, 1.54) is 0 Å². The van der Waals surface area contributed by atoms with Gasteiger partial charge in [0.25, 0.3) is 0 Å². The van der Waals surface area contributed by atoms with Gasteiger partial charge < -0.3 is 19.1 Å². The van der Waals surface area contributed by atoms with Crippen LogP contribution in [0.2, 0.25) is 5.28 Å². The van der Waals surface area contributed by atoms with Gasteiger partial charge in [-0.1, -0.05) is 0 Å². The summed E-state index contributed by atoms with van der Waals surface area (Å²) in [6.07, 6.45) is 0. The molecule has 0 radical (unpaired) electrons. The number of rotatable bonds is 3. The lowest BCUT2D eigenvalue weighted by Crippen LogP contribution is -2.13. The number of nitrogens with zero attached hydrogens (tertiary/aromatic N) is 4. The number of fused-ring (bicyclic) bond motifs is 1. The standard InChI is InChI=1S/C12H11ClN4O3/c1-17(2)11-14-10(13)15-12(16-11)20-7-3-4-8-9(5-7)19-6-18-8/h3-5H,6H2,1-2H3. The Balaban J connectivity index is 1.87. The van der Waals surface area contributed by atoms with Crippen LogP contribution in [0, 0.1) is 0 Å². The zero-order valence-corrected chi connectivity index (χ0v) is 11.6. The average Bonchev–Trinajstić information content (AvgIpc) is 2.85. The summed E-state index contributed by atoms with van der Waals surface area (Å²) in [5, 5.41) is 0.0689. The lowest BCUT2D eigenvalue weighted by Gasteiger charge is -2.11. The van der Waals surface area contributed by atoms with Gasteiger partial charge in [-0.25, -0.2) is 0 Å². The van der Waals surface area contributed by atoms with Crippen LogP contribution >= 0.6 is 11.6 Å². The van der Waals surface area contributed by atoms with Crippen LogP contribution in [-0.4, -0.2) is 35.8 Å². The zero-order chi connectivity index (χ0) is 14.1. The quantitative estimate of drug-likeness (QED) is 0.858. The second-order valence-electron chi connectivity index (χ2n) is 4.20. The number of aromatic nitrogens is 3. The monoisotopic (exact) mass is 294 g/mol. The predicted octanol–water partition coefficient (Wildman–Crippen LogP) is 2.11. The lowest BCUT2D eigenvalue weighted by molar-refractivity contribution is 0.174. The predicted molar refractivity (Wildman–Crippen MR) is 71.8 cm³/mol. The number of benzene rings is 1. The minimum Gasteiger partial charge on any atom is -0.454 e. The molecule has 0 bridgehead atoms. The van der Waals surface area contributed by atoms with Crippen molar-refractivity contribution in [1.82, 2.24) is 15.0 Å². The van der Waals surface area contributed by atoms with E-state index in [1.807, 2.05) is 0 Å². The lowest BCUT2D eigenvalue weighted by atomic mass is 10.3. The fourth-order valence-corrected chi connectivity index (χ4v) is 1.76. The van der Waals surface area contributed by atoms with Crippen LogP contribution in [0.25, 0.3) is 0 Å². The van der Waals surface area contributed by atoms with Crippen molar-refractivity contribution < 1.29 is 14.2 Å². The molecule has 0 amide bonds. The molecule has 8 heteroatoms. The molecule has 0 fully saturated rings. The minimum absolute atomic E-state index is 0.0689. The Morgan fingerprint density at radius 3 is 2.75 bits per heavy atom.